The topological polar surface area (TPSA) is 139 Å². The Bertz CT molecular complexity index is 1140. The Kier molecular flexibility index (Phi) is 7.34. The van der Waals surface area contributed by atoms with Gasteiger partial charge in [-0.1, -0.05) is 41.9 Å². The third kappa shape index (κ3) is 4.84. The van der Waals surface area contributed by atoms with Gasteiger partial charge in [-0.25, -0.2) is 26.4 Å². The number of ether oxygens (including phenoxy) is 2. The molecule has 0 saturated heterocycles. The molecule has 1 aromatic rings. The molecule has 1 saturated carbocycles. The maximum atomic E-state index is 13.6. The molecule has 0 radical (unpaired) electrons. The molecule has 1 N–H and O–H groups in total. The molecule has 1 aliphatic carbocycles. The molecule has 1 heterocycles. The third-order valence-corrected chi connectivity index (χ3v) is 8.32. The Hall–Kier alpha value is -2.64. The molecule has 1 atom stereocenters. The average Bonchev–Trinajstić information content (AvgIpc) is 3.15. The fourth-order valence-electron chi connectivity index (χ4n) is 4.01. The first-order valence-electron chi connectivity index (χ1n) is 10.3. The minimum Gasteiger partial charge on any atom is -0.468 e. The molecule has 1 unspecified atom stereocenters. The standard InChI is InChI=1S/C20H27N3O8S2/c1-30-19(24)16-17(20(25)31-2)22(33(28,29)15-12-8-5-9-13-15)23(32(3,26)27)18(16)21-14-10-6-4-7-11-14/h5,8-9,12-14,17,21H,4,6-7,10-11H2,1-3H3. The lowest BCUT2D eigenvalue weighted by Crippen LogP contribution is -2.53. The fourth-order valence-corrected chi connectivity index (χ4v) is 6.97. The maximum absolute atomic E-state index is 13.6. The van der Waals surface area contributed by atoms with Crippen molar-refractivity contribution in [2.24, 2.45) is 0 Å². The number of nitrogens with zero attached hydrogens (tertiary/aromatic N) is 2. The van der Waals surface area contributed by atoms with Crippen molar-refractivity contribution in [3.05, 3.63) is 41.7 Å². The van der Waals surface area contributed by atoms with Crippen molar-refractivity contribution < 1.29 is 35.9 Å². The number of methoxy groups -OCH3 is 2. The van der Waals surface area contributed by atoms with E-state index < -0.39 is 43.6 Å². The van der Waals surface area contributed by atoms with Gasteiger partial charge < -0.3 is 14.8 Å². The van der Waals surface area contributed by atoms with Crippen molar-refractivity contribution in [1.29, 1.82) is 0 Å². The summed E-state index contributed by atoms with van der Waals surface area (Å²) in [5.74, 6) is -2.52. The summed E-state index contributed by atoms with van der Waals surface area (Å²) in [6.07, 6.45) is 4.93. The zero-order chi connectivity index (χ0) is 24.4. The van der Waals surface area contributed by atoms with Crippen LogP contribution in [0.25, 0.3) is 0 Å². The maximum Gasteiger partial charge on any atom is 0.339 e. The summed E-state index contributed by atoms with van der Waals surface area (Å²) in [5.41, 5.74) is -0.458. The monoisotopic (exact) mass is 501 g/mol. The minimum absolute atomic E-state index is 0.227. The molecule has 0 aromatic heterocycles. The molecular weight excluding hydrogens is 474 g/mol. The molecule has 0 amide bonds. The molecule has 0 bridgehead atoms. The number of carbonyl (C=O) groups excluding carboxylic acids is 2. The van der Waals surface area contributed by atoms with Crippen molar-refractivity contribution in [2.75, 3.05) is 20.5 Å². The summed E-state index contributed by atoms with van der Waals surface area (Å²) in [6.45, 7) is 0. The molecular formula is C20H27N3O8S2. The first-order valence-corrected chi connectivity index (χ1v) is 13.6. The highest BCUT2D eigenvalue weighted by Crippen LogP contribution is 2.37. The Morgan fingerprint density at radius 3 is 2.09 bits per heavy atom. The van der Waals surface area contributed by atoms with Crippen LogP contribution in [-0.2, 0) is 39.1 Å². The van der Waals surface area contributed by atoms with Gasteiger partial charge in [-0.15, -0.1) is 0 Å². The minimum atomic E-state index is -4.63. The third-order valence-electron chi connectivity index (χ3n) is 5.50. The number of hydrogen-bond donors (Lipinski definition) is 1. The van der Waals surface area contributed by atoms with Gasteiger partial charge in [0.1, 0.15) is 11.4 Å². The van der Waals surface area contributed by atoms with Crippen LogP contribution in [0.2, 0.25) is 0 Å². The van der Waals surface area contributed by atoms with E-state index in [0.717, 1.165) is 39.7 Å². The van der Waals surface area contributed by atoms with Gasteiger partial charge in [0.25, 0.3) is 10.0 Å². The molecule has 3 rings (SSSR count). The predicted molar refractivity (Wildman–Crippen MR) is 117 cm³/mol. The summed E-state index contributed by atoms with van der Waals surface area (Å²) in [6, 6.07) is 4.88. The number of rotatable bonds is 7. The van der Waals surface area contributed by atoms with Crippen molar-refractivity contribution in [3.8, 4) is 0 Å². The van der Waals surface area contributed by atoms with Crippen molar-refractivity contribution >= 4 is 32.0 Å². The molecule has 13 heteroatoms. The van der Waals surface area contributed by atoms with Gasteiger partial charge in [0.2, 0.25) is 10.0 Å². The van der Waals surface area contributed by atoms with Gasteiger partial charge in [0.05, 0.1) is 25.4 Å². The molecule has 33 heavy (non-hydrogen) atoms. The van der Waals surface area contributed by atoms with E-state index in [-0.39, 0.29) is 16.8 Å². The predicted octanol–water partition coefficient (Wildman–Crippen LogP) is 0.716. The van der Waals surface area contributed by atoms with E-state index in [1.165, 1.54) is 24.3 Å². The number of sulfonamides is 2. The Morgan fingerprint density at radius 1 is 0.970 bits per heavy atom. The lowest BCUT2D eigenvalue weighted by Gasteiger charge is -2.33. The summed E-state index contributed by atoms with van der Waals surface area (Å²) < 4.78 is 63.5. The van der Waals surface area contributed by atoms with Gasteiger partial charge in [-0.2, -0.15) is 4.41 Å². The Morgan fingerprint density at radius 2 is 1.58 bits per heavy atom. The van der Waals surface area contributed by atoms with E-state index in [2.05, 4.69) is 5.32 Å². The van der Waals surface area contributed by atoms with E-state index in [0.29, 0.717) is 21.7 Å². The second-order valence-electron chi connectivity index (χ2n) is 7.76. The molecule has 1 fully saturated rings. The van der Waals surface area contributed by atoms with Crippen LogP contribution in [-0.4, -0.2) is 70.2 Å². The number of nitrogens with one attached hydrogen (secondary N) is 1. The van der Waals surface area contributed by atoms with E-state index in [9.17, 15) is 26.4 Å². The van der Waals surface area contributed by atoms with Crippen molar-refractivity contribution in [1.82, 2.24) is 14.1 Å². The van der Waals surface area contributed by atoms with Crippen LogP contribution in [0.5, 0.6) is 0 Å². The van der Waals surface area contributed by atoms with Gasteiger partial charge in [0, 0.05) is 6.04 Å². The number of carbonyl (C=O) groups is 2. The molecule has 1 aromatic carbocycles. The summed E-state index contributed by atoms with van der Waals surface area (Å²) in [7, 11) is -6.91. The van der Waals surface area contributed by atoms with Crippen molar-refractivity contribution in [3.63, 3.8) is 0 Å². The number of benzene rings is 1. The second kappa shape index (κ2) is 9.69. The zero-order valence-corrected chi connectivity index (χ0v) is 20.2. The normalized spacial score (nSPS) is 20.6. The van der Waals surface area contributed by atoms with Gasteiger partial charge in [0.15, 0.2) is 6.04 Å². The lowest BCUT2D eigenvalue weighted by molar-refractivity contribution is -0.147. The Labute approximate surface area is 193 Å². The van der Waals surface area contributed by atoms with Gasteiger partial charge >= 0.3 is 11.9 Å². The van der Waals surface area contributed by atoms with E-state index >= 15 is 0 Å². The van der Waals surface area contributed by atoms with Crippen LogP contribution in [0.4, 0.5) is 0 Å². The largest absolute Gasteiger partial charge is 0.468 e. The molecule has 0 spiro atoms. The SMILES string of the molecule is COC(=O)C1=C(NC2CCCCC2)N(S(C)(=O)=O)N(S(=O)(=O)c2ccccc2)C1C(=O)OC. The van der Waals surface area contributed by atoms with Gasteiger partial charge in [-0.3, -0.25) is 0 Å². The zero-order valence-electron chi connectivity index (χ0n) is 18.6. The van der Waals surface area contributed by atoms with Crippen LogP contribution < -0.4 is 5.32 Å². The lowest BCUT2D eigenvalue weighted by atomic mass is 9.95. The summed E-state index contributed by atoms with van der Waals surface area (Å²) in [4.78, 5) is 25.4. The van der Waals surface area contributed by atoms with Crippen LogP contribution in [0.3, 0.4) is 0 Å². The number of esters is 2. The number of hydrogen-bond acceptors (Lipinski definition) is 9. The van der Waals surface area contributed by atoms with E-state index in [1.54, 1.807) is 6.07 Å². The van der Waals surface area contributed by atoms with Gasteiger partial charge in [-0.05, 0) is 25.0 Å². The first-order chi connectivity index (χ1) is 15.5. The van der Waals surface area contributed by atoms with Crippen LogP contribution in [0.15, 0.2) is 46.6 Å². The molecule has 11 nitrogen and oxygen atoms in total. The molecule has 2 aliphatic rings. The highest BCUT2D eigenvalue weighted by Gasteiger charge is 2.56. The Balaban J connectivity index is 2.28. The fraction of sp³-hybridized carbons (Fsp3) is 0.500. The number of hydrazine groups is 1. The summed E-state index contributed by atoms with van der Waals surface area (Å²) in [5, 5.41) is 3.01. The quantitative estimate of drug-likeness (QED) is 0.535. The van der Waals surface area contributed by atoms with Crippen molar-refractivity contribution in [2.45, 2.75) is 49.1 Å². The smallest absolute Gasteiger partial charge is 0.339 e. The highest BCUT2D eigenvalue weighted by molar-refractivity contribution is 7.91. The summed E-state index contributed by atoms with van der Waals surface area (Å²) >= 11 is 0. The average molecular weight is 502 g/mol. The van der Waals surface area contributed by atoms with Crippen LogP contribution in [0.1, 0.15) is 32.1 Å². The first kappa shape index (κ1) is 25.0. The van der Waals surface area contributed by atoms with E-state index in [1.807, 2.05) is 0 Å². The van der Waals surface area contributed by atoms with Crippen LogP contribution >= 0.6 is 0 Å². The second-order valence-corrected chi connectivity index (χ2v) is 11.4. The highest BCUT2D eigenvalue weighted by atomic mass is 32.2. The molecule has 1 aliphatic heterocycles. The molecule has 182 valence electrons. The van der Waals surface area contributed by atoms with Crippen LogP contribution in [0, 0.1) is 0 Å². The van der Waals surface area contributed by atoms with E-state index in [4.69, 9.17) is 9.47 Å².